The molecule has 1 aliphatic carbocycles. The fraction of sp³-hybridized carbons (Fsp3) is 0.625. The standard InChI is InChI=1S/C24H35Cl2N7O/c1-3-19(20-10-7-11-27-20)30-24-32-22(28-14-15-8-5-4-6-9-15)31-23(33-24)29-16-12-17(25)21(34-2)18(26)13-16/h12-13,15,19-20,27H,3-11,14H2,1-2H3,(H3,28,29,30,31,32,33). The molecule has 1 aliphatic heterocycles. The molecule has 34 heavy (non-hydrogen) atoms. The summed E-state index contributed by atoms with van der Waals surface area (Å²) in [6.45, 7) is 4.10. The Balaban J connectivity index is 1.55. The van der Waals surface area contributed by atoms with E-state index >= 15 is 0 Å². The molecule has 10 heteroatoms. The van der Waals surface area contributed by atoms with Crippen molar-refractivity contribution in [2.75, 3.05) is 36.1 Å². The lowest BCUT2D eigenvalue weighted by molar-refractivity contribution is 0.373. The number of aromatic nitrogens is 3. The van der Waals surface area contributed by atoms with Gasteiger partial charge in [0.2, 0.25) is 17.8 Å². The highest BCUT2D eigenvalue weighted by atomic mass is 35.5. The highest BCUT2D eigenvalue weighted by Gasteiger charge is 2.24. The second kappa shape index (κ2) is 12.1. The molecular formula is C24H35Cl2N7O. The monoisotopic (exact) mass is 507 g/mol. The molecule has 2 fully saturated rings. The number of benzene rings is 1. The quantitative estimate of drug-likeness (QED) is 0.317. The number of nitrogens with zero attached hydrogens (tertiary/aromatic N) is 3. The fourth-order valence-corrected chi connectivity index (χ4v) is 5.51. The van der Waals surface area contributed by atoms with Gasteiger partial charge in [-0.15, -0.1) is 0 Å². The topological polar surface area (TPSA) is 96.0 Å². The van der Waals surface area contributed by atoms with Crippen molar-refractivity contribution >= 4 is 46.7 Å². The first-order valence-corrected chi connectivity index (χ1v) is 13.1. The van der Waals surface area contributed by atoms with Crippen LogP contribution >= 0.6 is 23.2 Å². The number of ether oxygens (including phenoxy) is 1. The normalized spacial score (nSPS) is 19.6. The minimum absolute atomic E-state index is 0.244. The highest BCUT2D eigenvalue weighted by Crippen LogP contribution is 2.36. The Hall–Kier alpha value is -2.03. The van der Waals surface area contributed by atoms with E-state index in [1.807, 2.05) is 0 Å². The molecule has 4 N–H and O–H groups in total. The van der Waals surface area contributed by atoms with Gasteiger partial charge in [-0.05, 0) is 56.7 Å². The Labute approximate surface area is 212 Å². The maximum atomic E-state index is 6.33. The number of anilines is 4. The number of hydrogen-bond donors (Lipinski definition) is 4. The van der Waals surface area contributed by atoms with Crippen LogP contribution in [0.5, 0.6) is 5.75 Å². The van der Waals surface area contributed by atoms with E-state index in [2.05, 4.69) is 38.2 Å². The molecular weight excluding hydrogens is 473 g/mol. The molecule has 2 aromatic rings. The molecule has 186 valence electrons. The van der Waals surface area contributed by atoms with Crippen LogP contribution < -0.4 is 26.0 Å². The number of nitrogens with one attached hydrogen (secondary N) is 4. The molecule has 1 saturated heterocycles. The number of halogens is 2. The van der Waals surface area contributed by atoms with E-state index in [0.717, 1.165) is 25.9 Å². The SMILES string of the molecule is CCC(Nc1nc(NCC2CCCCC2)nc(Nc2cc(Cl)c(OC)c(Cl)c2)n1)C1CCCN1. The third kappa shape index (κ3) is 6.55. The van der Waals surface area contributed by atoms with Gasteiger partial charge in [0.1, 0.15) is 0 Å². The third-order valence-electron chi connectivity index (χ3n) is 6.71. The van der Waals surface area contributed by atoms with E-state index < -0.39 is 0 Å². The summed E-state index contributed by atoms with van der Waals surface area (Å²) in [5, 5.41) is 14.6. The summed E-state index contributed by atoms with van der Waals surface area (Å²) in [4.78, 5) is 14.0. The minimum atomic E-state index is 0.244. The first kappa shape index (κ1) is 25.1. The van der Waals surface area contributed by atoms with Crippen LogP contribution in [0.4, 0.5) is 23.5 Å². The van der Waals surface area contributed by atoms with Crippen LogP contribution in [-0.2, 0) is 0 Å². The van der Waals surface area contributed by atoms with Crippen molar-refractivity contribution in [3.63, 3.8) is 0 Å². The molecule has 1 saturated carbocycles. The van der Waals surface area contributed by atoms with Crippen LogP contribution in [0.1, 0.15) is 58.3 Å². The molecule has 2 unspecified atom stereocenters. The van der Waals surface area contributed by atoms with E-state index in [4.69, 9.17) is 32.9 Å². The van der Waals surface area contributed by atoms with Gasteiger partial charge in [0, 0.05) is 24.3 Å². The second-order valence-corrected chi connectivity index (χ2v) is 9.97. The van der Waals surface area contributed by atoms with Gasteiger partial charge in [0.25, 0.3) is 0 Å². The average Bonchev–Trinajstić information content (AvgIpc) is 3.36. The zero-order chi connectivity index (χ0) is 23.9. The molecule has 0 amide bonds. The van der Waals surface area contributed by atoms with Crippen molar-refractivity contribution in [1.82, 2.24) is 20.3 Å². The second-order valence-electron chi connectivity index (χ2n) is 9.15. The first-order chi connectivity index (χ1) is 16.6. The van der Waals surface area contributed by atoms with E-state index in [1.54, 1.807) is 12.1 Å². The molecule has 2 aliphatic rings. The van der Waals surface area contributed by atoms with Crippen molar-refractivity contribution in [1.29, 1.82) is 0 Å². The van der Waals surface area contributed by atoms with Crippen LogP contribution in [0, 0.1) is 5.92 Å². The van der Waals surface area contributed by atoms with Crippen molar-refractivity contribution in [3.05, 3.63) is 22.2 Å². The van der Waals surface area contributed by atoms with Crippen LogP contribution in [0.3, 0.4) is 0 Å². The molecule has 0 bridgehead atoms. The van der Waals surface area contributed by atoms with Crippen LogP contribution in [-0.4, -0.2) is 47.2 Å². The molecule has 2 atom stereocenters. The van der Waals surface area contributed by atoms with Gasteiger partial charge < -0.3 is 26.0 Å². The molecule has 0 radical (unpaired) electrons. The lowest BCUT2D eigenvalue weighted by Gasteiger charge is -2.24. The predicted octanol–water partition coefficient (Wildman–Crippen LogP) is 5.87. The maximum Gasteiger partial charge on any atom is 0.233 e. The van der Waals surface area contributed by atoms with Gasteiger partial charge in [-0.3, -0.25) is 0 Å². The van der Waals surface area contributed by atoms with E-state index in [9.17, 15) is 0 Å². The Morgan fingerprint density at radius 3 is 2.35 bits per heavy atom. The molecule has 8 nitrogen and oxygen atoms in total. The number of rotatable bonds is 10. The fourth-order valence-electron chi connectivity index (χ4n) is 4.87. The Bertz CT molecular complexity index is 926. The zero-order valence-electron chi connectivity index (χ0n) is 20.0. The lowest BCUT2D eigenvalue weighted by Crippen LogP contribution is -2.40. The van der Waals surface area contributed by atoms with Gasteiger partial charge in [-0.2, -0.15) is 15.0 Å². The summed E-state index contributed by atoms with van der Waals surface area (Å²) < 4.78 is 5.25. The highest BCUT2D eigenvalue weighted by molar-refractivity contribution is 6.37. The van der Waals surface area contributed by atoms with Gasteiger partial charge in [0.05, 0.1) is 17.2 Å². The van der Waals surface area contributed by atoms with Crippen LogP contribution in [0.15, 0.2) is 12.1 Å². The minimum Gasteiger partial charge on any atom is -0.494 e. The summed E-state index contributed by atoms with van der Waals surface area (Å²) in [5.74, 6) is 2.63. The Morgan fingerprint density at radius 1 is 1.00 bits per heavy atom. The van der Waals surface area contributed by atoms with Gasteiger partial charge >= 0.3 is 0 Å². The van der Waals surface area contributed by atoms with Gasteiger partial charge in [0.15, 0.2) is 5.75 Å². The molecule has 0 spiro atoms. The maximum absolute atomic E-state index is 6.33. The van der Waals surface area contributed by atoms with Gasteiger partial charge in [-0.25, -0.2) is 0 Å². The first-order valence-electron chi connectivity index (χ1n) is 12.4. The van der Waals surface area contributed by atoms with E-state index in [-0.39, 0.29) is 6.04 Å². The van der Waals surface area contributed by atoms with Crippen molar-refractivity contribution in [3.8, 4) is 5.75 Å². The van der Waals surface area contributed by atoms with Gasteiger partial charge in [-0.1, -0.05) is 49.4 Å². The number of hydrogen-bond acceptors (Lipinski definition) is 8. The largest absolute Gasteiger partial charge is 0.494 e. The average molecular weight is 508 g/mol. The summed E-state index contributed by atoms with van der Waals surface area (Å²) in [5.41, 5.74) is 0.677. The lowest BCUT2D eigenvalue weighted by atomic mass is 9.89. The summed E-state index contributed by atoms with van der Waals surface area (Å²) in [6, 6.07) is 4.15. The number of methoxy groups -OCH3 is 1. The summed E-state index contributed by atoms with van der Waals surface area (Å²) >= 11 is 12.7. The molecule has 1 aromatic carbocycles. The smallest absolute Gasteiger partial charge is 0.233 e. The molecule has 4 rings (SSSR count). The predicted molar refractivity (Wildman–Crippen MR) is 140 cm³/mol. The Kier molecular flexibility index (Phi) is 8.92. The van der Waals surface area contributed by atoms with Crippen molar-refractivity contribution in [2.24, 2.45) is 5.92 Å². The van der Waals surface area contributed by atoms with Crippen LogP contribution in [0.25, 0.3) is 0 Å². The third-order valence-corrected chi connectivity index (χ3v) is 7.27. The van der Waals surface area contributed by atoms with Crippen molar-refractivity contribution in [2.45, 2.75) is 70.4 Å². The van der Waals surface area contributed by atoms with Crippen molar-refractivity contribution < 1.29 is 4.74 Å². The molecule has 2 heterocycles. The Morgan fingerprint density at radius 2 is 1.71 bits per heavy atom. The van der Waals surface area contributed by atoms with E-state index in [1.165, 1.54) is 45.6 Å². The van der Waals surface area contributed by atoms with E-state index in [0.29, 0.717) is 51.3 Å². The van der Waals surface area contributed by atoms with Crippen LogP contribution in [0.2, 0.25) is 10.0 Å². The summed E-state index contributed by atoms with van der Waals surface area (Å²) in [7, 11) is 1.54. The molecule has 1 aromatic heterocycles. The zero-order valence-corrected chi connectivity index (χ0v) is 21.5. The summed E-state index contributed by atoms with van der Waals surface area (Å²) in [6.07, 6.45) is 9.76.